The maximum absolute atomic E-state index is 5.97. The van der Waals surface area contributed by atoms with Crippen LogP contribution in [0.2, 0.25) is 23.2 Å². The average molecular weight is 391 g/mol. The van der Waals surface area contributed by atoms with E-state index in [2.05, 4.69) is 19.1 Å². The van der Waals surface area contributed by atoms with Gasteiger partial charge in [-0.2, -0.15) is 0 Å². The van der Waals surface area contributed by atoms with Crippen LogP contribution in [0, 0.1) is 17.8 Å². The van der Waals surface area contributed by atoms with Gasteiger partial charge in [0.2, 0.25) is 0 Å². The number of aryl methyl sites for hydroxylation is 1. The van der Waals surface area contributed by atoms with Gasteiger partial charge in [0.05, 0.1) is 0 Å². The summed E-state index contributed by atoms with van der Waals surface area (Å²) in [5.74, 6) is 3.24. The summed E-state index contributed by atoms with van der Waals surface area (Å²) in [7, 11) is -0.287. The minimum absolute atomic E-state index is 0.287. The summed E-state index contributed by atoms with van der Waals surface area (Å²) in [5, 5.41) is 0.853. The minimum atomic E-state index is -0.287. The van der Waals surface area contributed by atoms with E-state index in [0.717, 1.165) is 22.8 Å². The molecule has 2 aliphatic rings. The molecule has 0 spiro atoms. The van der Waals surface area contributed by atoms with Crippen molar-refractivity contribution in [2.75, 3.05) is 0 Å². The van der Waals surface area contributed by atoms with E-state index in [9.17, 15) is 0 Å². The number of hydrogen-bond donors (Lipinski definition) is 0. The first kappa shape index (κ1) is 20.5. The molecule has 0 unspecified atom stereocenters. The second-order valence-electron chi connectivity index (χ2n) is 9.22. The Morgan fingerprint density at radius 1 is 0.885 bits per heavy atom. The van der Waals surface area contributed by atoms with Crippen LogP contribution in [0.25, 0.3) is 0 Å². The number of benzene rings is 1. The molecule has 0 atom stereocenters. The van der Waals surface area contributed by atoms with Crippen LogP contribution in [0.15, 0.2) is 24.3 Å². The monoisotopic (exact) mass is 390 g/mol. The van der Waals surface area contributed by atoms with Crippen LogP contribution in [0.5, 0.6) is 0 Å². The molecule has 1 heterocycles. The lowest BCUT2D eigenvalue weighted by Gasteiger charge is -2.37. The molecule has 1 saturated carbocycles. The first-order valence-corrected chi connectivity index (χ1v) is 14.3. The summed E-state index contributed by atoms with van der Waals surface area (Å²) >= 11 is 5.97. The van der Waals surface area contributed by atoms with E-state index in [1.807, 2.05) is 12.1 Å². The van der Waals surface area contributed by atoms with Gasteiger partial charge in [0.1, 0.15) is 0 Å². The van der Waals surface area contributed by atoms with E-state index in [4.69, 9.17) is 11.6 Å². The normalized spacial score (nSPS) is 29.6. The largest absolute Gasteiger partial charge is 0.0843 e. The van der Waals surface area contributed by atoms with Gasteiger partial charge in [-0.05, 0) is 61.1 Å². The molecule has 0 aromatic heterocycles. The van der Waals surface area contributed by atoms with Crippen LogP contribution in [-0.2, 0) is 6.42 Å². The number of halogens is 1. The summed E-state index contributed by atoms with van der Waals surface area (Å²) in [5.41, 5.74) is 1.44. The highest BCUT2D eigenvalue weighted by Gasteiger charge is 2.30. The van der Waals surface area contributed by atoms with Gasteiger partial charge in [0.25, 0.3) is 0 Å². The highest BCUT2D eigenvalue weighted by atomic mass is 35.5. The Hall–Kier alpha value is -0.273. The van der Waals surface area contributed by atoms with E-state index in [0.29, 0.717) is 0 Å². The van der Waals surface area contributed by atoms with Gasteiger partial charge >= 0.3 is 0 Å². The molecule has 26 heavy (non-hydrogen) atoms. The molecule has 1 saturated heterocycles. The molecular formula is C24H39ClSi. The third-order valence-electron chi connectivity index (χ3n) is 7.39. The standard InChI is InChI=1S/C24H39ClSi/c1-2-17-26-18-15-23(16-19-26)22-11-7-20(8-12-22)5-3-4-6-21-9-13-24(25)14-10-21/h9-10,13-14,20,22-23,26H,2-8,11-12,15-19H2,1H3/t20-,22-,23-,26-. The molecule has 2 fully saturated rings. The van der Waals surface area contributed by atoms with E-state index in [1.165, 1.54) is 50.5 Å². The van der Waals surface area contributed by atoms with E-state index in [-0.39, 0.29) is 8.80 Å². The van der Waals surface area contributed by atoms with Crippen molar-refractivity contribution in [1.29, 1.82) is 0 Å². The molecule has 0 nitrogen and oxygen atoms in total. The lowest BCUT2D eigenvalue weighted by Crippen LogP contribution is -2.28. The topological polar surface area (TPSA) is 0 Å². The van der Waals surface area contributed by atoms with Gasteiger partial charge in [-0.1, -0.05) is 93.7 Å². The molecular weight excluding hydrogens is 352 g/mol. The zero-order chi connectivity index (χ0) is 18.2. The zero-order valence-electron chi connectivity index (χ0n) is 16.9. The maximum Gasteiger partial charge on any atom is 0.0406 e. The Morgan fingerprint density at radius 3 is 2.19 bits per heavy atom. The van der Waals surface area contributed by atoms with Gasteiger partial charge < -0.3 is 0 Å². The van der Waals surface area contributed by atoms with Crippen LogP contribution in [0.4, 0.5) is 0 Å². The van der Waals surface area contributed by atoms with Crippen molar-refractivity contribution in [3.63, 3.8) is 0 Å². The Balaban J connectivity index is 1.27. The molecule has 0 radical (unpaired) electrons. The van der Waals surface area contributed by atoms with Crippen LogP contribution in [0.3, 0.4) is 0 Å². The molecule has 0 bridgehead atoms. The molecule has 0 N–H and O–H groups in total. The predicted molar refractivity (Wildman–Crippen MR) is 119 cm³/mol. The number of hydrogen-bond acceptors (Lipinski definition) is 0. The smallest absolute Gasteiger partial charge is 0.0406 e. The maximum atomic E-state index is 5.97. The molecule has 2 heteroatoms. The van der Waals surface area contributed by atoms with Crippen LogP contribution < -0.4 is 0 Å². The number of rotatable bonds is 8. The Bertz CT molecular complexity index is 495. The molecule has 1 aliphatic heterocycles. The SMILES string of the molecule is CCC[Si@H]1CC[C@H]([C@H]2CC[C@H](CCCCc3ccc(Cl)cc3)CC2)CC1. The average Bonchev–Trinajstić information content (AvgIpc) is 2.68. The third kappa shape index (κ3) is 6.41. The summed E-state index contributed by atoms with van der Waals surface area (Å²) in [4.78, 5) is 0. The first-order chi connectivity index (χ1) is 12.7. The Morgan fingerprint density at radius 2 is 1.54 bits per heavy atom. The fraction of sp³-hybridized carbons (Fsp3) is 0.750. The van der Waals surface area contributed by atoms with Crippen molar-refractivity contribution >= 4 is 20.4 Å². The second kappa shape index (κ2) is 10.9. The first-order valence-electron chi connectivity index (χ1n) is 11.5. The highest BCUT2D eigenvalue weighted by Crippen LogP contribution is 2.41. The minimum Gasteiger partial charge on any atom is -0.0843 e. The number of unbranched alkanes of at least 4 members (excludes halogenated alkanes) is 1. The van der Waals surface area contributed by atoms with Crippen molar-refractivity contribution in [2.45, 2.75) is 95.7 Å². The van der Waals surface area contributed by atoms with Crippen molar-refractivity contribution < 1.29 is 0 Å². The van der Waals surface area contributed by atoms with Crippen molar-refractivity contribution in [1.82, 2.24) is 0 Å². The van der Waals surface area contributed by atoms with Gasteiger partial charge in [0.15, 0.2) is 0 Å². The van der Waals surface area contributed by atoms with E-state index < -0.39 is 0 Å². The van der Waals surface area contributed by atoms with Crippen LogP contribution >= 0.6 is 11.6 Å². The van der Waals surface area contributed by atoms with E-state index in [1.54, 1.807) is 43.8 Å². The molecule has 3 rings (SSSR count). The quantitative estimate of drug-likeness (QED) is 0.312. The van der Waals surface area contributed by atoms with Gasteiger partial charge in [-0.15, -0.1) is 0 Å². The van der Waals surface area contributed by atoms with Crippen molar-refractivity contribution in [3.8, 4) is 0 Å². The zero-order valence-corrected chi connectivity index (χ0v) is 18.8. The van der Waals surface area contributed by atoms with Crippen molar-refractivity contribution in [3.05, 3.63) is 34.9 Å². The third-order valence-corrected chi connectivity index (χ3v) is 11.3. The summed E-state index contributed by atoms with van der Waals surface area (Å²) in [6, 6.07) is 13.4. The fourth-order valence-corrected chi connectivity index (χ4v) is 9.33. The molecule has 1 aromatic carbocycles. The summed E-state index contributed by atoms with van der Waals surface area (Å²) < 4.78 is 0. The molecule has 0 amide bonds. The Labute approximate surface area is 168 Å². The lowest BCUT2D eigenvalue weighted by molar-refractivity contribution is 0.184. The summed E-state index contributed by atoms with van der Waals surface area (Å²) in [6.45, 7) is 2.38. The van der Waals surface area contributed by atoms with Gasteiger partial charge in [0, 0.05) is 13.8 Å². The molecule has 146 valence electrons. The lowest BCUT2D eigenvalue weighted by atomic mass is 9.73. The highest BCUT2D eigenvalue weighted by molar-refractivity contribution is 6.58. The van der Waals surface area contributed by atoms with Crippen LogP contribution in [-0.4, -0.2) is 8.80 Å². The van der Waals surface area contributed by atoms with Gasteiger partial charge in [-0.3, -0.25) is 0 Å². The second-order valence-corrected chi connectivity index (χ2v) is 13.1. The molecule has 1 aromatic rings. The van der Waals surface area contributed by atoms with Crippen molar-refractivity contribution in [2.24, 2.45) is 17.8 Å². The van der Waals surface area contributed by atoms with E-state index >= 15 is 0 Å². The molecule has 1 aliphatic carbocycles. The van der Waals surface area contributed by atoms with Gasteiger partial charge in [-0.25, -0.2) is 0 Å². The predicted octanol–water partition coefficient (Wildman–Crippen LogP) is 7.91. The Kier molecular flexibility index (Phi) is 8.58. The van der Waals surface area contributed by atoms with Crippen LogP contribution in [0.1, 0.15) is 76.7 Å². The fourth-order valence-electron chi connectivity index (χ4n) is 5.72. The summed E-state index contributed by atoms with van der Waals surface area (Å²) in [6.07, 6.45) is 16.2.